The summed E-state index contributed by atoms with van der Waals surface area (Å²) >= 11 is 7.53. The Balaban J connectivity index is 2.53. The lowest BCUT2D eigenvalue weighted by Crippen LogP contribution is -1.92. The van der Waals surface area contributed by atoms with Crippen LogP contribution in [0.2, 0.25) is 5.02 Å². The van der Waals surface area contributed by atoms with Crippen LogP contribution < -0.4 is 10.5 Å². The number of aryl methyl sites for hydroxylation is 1. The van der Waals surface area contributed by atoms with Crippen molar-refractivity contribution in [2.45, 2.75) is 13.5 Å². The van der Waals surface area contributed by atoms with E-state index in [-0.39, 0.29) is 0 Å². The lowest BCUT2D eigenvalue weighted by molar-refractivity contribution is 0.416. The van der Waals surface area contributed by atoms with E-state index in [1.807, 2.05) is 25.1 Å². The summed E-state index contributed by atoms with van der Waals surface area (Å²) in [6.07, 6.45) is 0. The zero-order chi connectivity index (χ0) is 12.4. The Morgan fingerprint density at radius 2 is 2.18 bits per heavy atom. The molecule has 0 unspecified atom stereocenters. The lowest BCUT2D eigenvalue weighted by atomic mass is 10.1. The Hall–Kier alpha value is -1.10. The van der Waals surface area contributed by atoms with Gasteiger partial charge in [-0.3, -0.25) is 0 Å². The van der Waals surface area contributed by atoms with Gasteiger partial charge in [0.25, 0.3) is 0 Å². The van der Waals surface area contributed by atoms with Crippen molar-refractivity contribution in [1.29, 1.82) is 0 Å². The van der Waals surface area contributed by atoms with Gasteiger partial charge in [-0.2, -0.15) is 4.37 Å². The van der Waals surface area contributed by atoms with E-state index in [9.17, 15) is 0 Å². The van der Waals surface area contributed by atoms with E-state index in [2.05, 4.69) is 4.37 Å². The predicted octanol–water partition coefficient (Wildman–Crippen LogP) is 3.24. The third-order valence-corrected chi connectivity index (χ3v) is 3.73. The summed E-state index contributed by atoms with van der Waals surface area (Å²) in [5.74, 6) is 0.778. The van der Waals surface area contributed by atoms with Crippen LogP contribution in [-0.4, -0.2) is 11.5 Å². The SMILES string of the molecule is COc1cc(C)c(Cl)cc1-c1cc(CN)sn1. The average molecular weight is 269 g/mol. The molecule has 0 atom stereocenters. The number of aromatic nitrogens is 1. The summed E-state index contributed by atoms with van der Waals surface area (Å²) in [4.78, 5) is 1.04. The van der Waals surface area contributed by atoms with E-state index in [1.165, 1.54) is 11.5 Å². The quantitative estimate of drug-likeness (QED) is 0.930. The molecule has 90 valence electrons. The summed E-state index contributed by atoms with van der Waals surface area (Å²) in [5, 5.41) is 0.711. The second-order valence-electron chi connectivity index (χ2n) is 3.68. The predicted molar refractivity (Wildman–Crippen MR) is 71.7 cm³/mol. The maximum atomic E-state index is 6.13. The molecule has 0 amide bonds. The van der Waals surface area contributed by atoms with Crippen molar-refractivity contribution in [2.24, 2.45) is 5.73 Å². The van der Waals surface area contributed by atoms with E-state index < -0.39 is 0 Å². The van der Waals surface area contributed by atoms with Crippen molar-refractivity contribution in [3.63, 3.8) is 0 Å². The Morgan fingerprint density at radius 1 is 1.41 bits per heavy atom. The molecule has 0 spiro atoms. The van der Waals surface area contributed by atoms with Crippen molar-refractivity contribution in [1.82, 2.24) is 4.37 Å². The van der Waals surface area contributed by atoms with Crippen molar-refractivity contribution in [3.8, 4) is 17.0 Å². The van der Waals surface area contributed by atoms with Gasteiger partial charge < -0.3 is 10.5 Å². The molecule has 0 saturated carbocycles. The largest absolute Gasteiger partial charge is 0.496 e. The Kier molecular flexibility index (Phi) is 3.66. The molecule has 17 heavy (non-hydrogen) atoms. The van der Waals surface area contributed by atoms with Gasteiger partial charge in [-0.05, 0) is 42.2 Å². The van der Waals surface area contributed by atoms with Crippen molar-refractivity contribution in [2.75, 3.05) is 7.11 Å². The average Bonchev–Trinajstić information content (AvgIpc) is 2.80. The van der Waals surface area contributed by atoms with Crippen molar-refractivity contribution in [3.05, 3.63) is 33.7 Å². The Bertz CT molecular complexity index is 539. The van der Waals surface area contributed by atoms with Gasteiger partial charge in [0, 0.05) is 22.0 Å². The molecule has 1 heterocycles. The van der Waals surface area contributed by atoms with Crippen LogP contribution in [0.25, 0.3) is 11.3 Å². The maximum Gasteiger partial charge on any atom is 0.128 e. The Labute approximate surface area is 109 Å². The van der Waals surface area contributed by atoms with Crippen LogP contribution in [0.5, 0.6) is 5.75 Å². The molecular formula is C12H13ClN2OS. The zero-order valence-electron chi connectivity index (χ0n) is 9.66. The van der Waals surface area contributed by atoms with E-state index >= 15 is 0 Å². The number of hydrogen-bond donors (Lipinski definition) is 1. The summed E-state index contributed by atoms with van der Waals surface area (Å²) in [6.45, 7) is 2.45. The monoisotopic (exact) mass is 268 g/mol. The molecule has 2 aromatic rings. The molecule has 0 fully saturated rings. The van der Waals surface area contributed by atoms with E-state index in [4.69, 9.17) is 22.1 Å². The first-order valence-electron chi connectivity index (χ1n) is 5.16. The molecule has 1 aromatic heterocycles. The molecule has 0 radical (unpaired) electrons. The highest BCUT2D eigenvalue weighted by molar-refractivity contribution is 7.06. The van der Waals surface area contributed by atoms with Gasteiger partial charge >= 0.3 is 0 Å². The highest BCUT2D eigenvalue weighted by Gasteiger charge is 2.12. The van der Waals surface area contributed by atoms with Crippen LogP contribution in [0.4, 0.5) is 0 Å². The summed E-state index contributed by atoms with van der Waals surface area (Å²) in [7, 11) is 1.64. The molecule has 0 aliphatic heterocycles. The standard InChI is InChI=1S/C12H13ClN2OS/c1-7-3-12(16-2)9(5-10(7)13)11-4-8(6-14)17-15-11/h3-5H,6,14H2,1-2H3. The number of halogens is 1. The molecule has 0 aliphatic rings. The number of nitrogens with zero attached hydrogens (tertiary/aromatic N) is 1. The first kappa shape index (κ1) is 12.4. The number of rotatable bonds is 3. The number of hydrogen-bond acceptors (Lipinski definition) is 4. The second kappa shape index (κ2) is 5.04. The molecule has 0 aliphatic carbocycles. The van der Waals surface area contributed by atoms with Crippen LogP contribution in [0.15, 0.2) is 18.2 Å². The zero-order valence-corrected chi connectivity index (χ0v) is 11.2. The number of nitrogens with two attached hydrogens (primary N) is 1. The van der Waals surface area contributed by atoms with Gasteiger partial charge in [0.15, 0.2) is 0 Å². The lowest BCUT2D eigenvalue weighted by Gasteiger charge is -2.08. The Morgan fingerprint density at radius 3 is 2.76 bits per heavy atom. The van der Waals surface area contributed by atoms with Crippen LogP contribution >= 0.6 is 23.1 Å². The normalized spacial score (nSPS) is 10.6. The third kappa shape index (κ3) is 2.44. The molecule has 2 rings (SSSR count). The smallest absolute Gasteiger partial charge is 0.128 e. The third-order valence-electron chi connectivity index (χ3n) is 2.52. The highest BCUT2D eigenvalue weighted by Crippen LogP contribution is 2.34. The fourth-order valence-electron chi connectivity index (χ4n) is 1.56. The summed E-state index contributed by atoms with van der Waals surface area (Å²) in [6, 6.07) is 5.76. The van der Waals surface area contributed by atoms with Crippen molar-refractivity contribution < 1.29 is 4.74 Å². The number of ether oxygens (including phenoxy) is 1. The van der Waals surface area contributed by atoms with E-state index in [0.29, 0.717) is 11.6 Å². The molecular weight excluding hydrogens is 256 g/mol. The van der Waals surface area contributed by atoms with Crippen molar-refractivity contribution >= 4 is 23.1 Å². The van der Waals surface area contributed by atoms with Crippen LogP contribution in [0.1, 0.15) is 10.4 Å². The molecule has 5 heteroatoms. The minimum atomic E-state index is 0.500. The molecule has 3 nitrogen and oxygen atoms in total. The van der Waals surface area contributed by atoms with E-state index in [0.717, 1.165) is 27.4 Å². The minimum absolute atomic E-state index is 0.500. The van der Waals surface area contributed by atoms with Gasteiger partial charge in [-0.1, -0.05) is 11.6 Å². The molecule has 0 bridgehead atoms. The van der Waals surface area contributed by atoms with E-state index in [1.54, 1.807) is 7.11 Å². The van der Waals surface area contributed by atoms with Gasteiger partial charge in [-0.25, -0.2) is 0 Å². The first-order chi connectivity index (χ1) is 8.15. The minimum Gasteiger partial charge on any atom is -0.496 e. The van der Waals surface area contributed by atoms with Gasteiger partial charge in [0.2, 0.25) is 0 Å². The highest BCUT2D eigenvalue weighted by atomic mass is 35.5. The second-order valence-corrected chi connectivity index (χ2v) is 4.98. The van der Waals surface area contributed by atoms with Gasteiger partial charge in [-0.15, -0.1) is 0 Å². The fourth-order valence-corrected chi connectivity index (χ4v) is 2.33. The van der Waals surface area contributed by atoms with Gasteiger partial charge in [0.05, 0.1) is 12.8 Å². The topological polar surface area (TPSA) is 48.1 Å². The molecule has 2 N–H and O–H groups in total. The number of benzene rings is 1. The first-order valence-corrected chi connectivity index (χ1v) is 6.31. The molecule has 0 saturated heterocycles. The molecule has 1 aromatic carbocycles. The summed E-state index contributed by atoms with van der Waals surface area (Å²) in [5.41, 5.74) is 8.32. The van der Waals surface area contributed by atoms with Crippen LogP contribution in [0, 0.1) is 6.92 Å². The number of methoxy groups -OCH3 is 1. The van der Waals surface area contributed by atoms with Gasteiger partial charge in [0.1, 0.15) is 5.75 Å². The van der Waals surface area contributed by atoms with Crippen LogP contribution in [0.3, 0.4) is 0 Å². The van der Waals surface area contributed by atoms with Crippen LogP contribution in [-0.2, 0) is 6.54 Å². The fraction of sp³-hybridized carbons (Fsp3) is 0.250. The summed E-state index contributed by atoms with van der Waals surface area (Å²) < 4.78 is 9.71. The maximum absolute atomic E-state index is 6.13.